The highest BCUT2D eigenvalue weighted by atomic mass is 35.5. The molecule has 4 aromatic rings. The zero-order valence-electron chi connectivity index (χ0n) is 13.2. The SMILES string of the molecule is Fc1cccc(Cl)c1/C=C/c1nc2ccc(-c3ccccc3)cc2[nH]1. The van der Waals surface area contributed by atoms with Crippen molar-refractivity contribution < 1.29 is 4.39 Å². The molecule has 0 amide bonds. The molecule has 1 N–H and O–H groups in total. The predicted octanol–water partition coefficient (Wildman–Crippen LogP) is 6.19. The Balaban J connectivity index is 1.69. The van der Waals surface area contributed by atoms with E-state index in [0.717, 1.165) is 22.2 Å². The Morgan fingerprint density at radius 3 is 2.52 bits per heavy atom. The summed E-state index contributed by atoms with van der Waals surface area (Å²) in [4.78, 5) is 7.77. The molecule has 0 aliphatic heterocycles. The number of rotatable bonds is 3. The topological polar surface area (TPSA) is 28.7 Å². The Kier molecular flexibility index (Phi) is 4.08. The molecule has 0 spiro atoms. The largest absolute Gasteiger partial charge is 0.338 e. The van der Waals surface area contributed by atoms with E-state index in [2.05, 4.69) is 28.2 Å². The molecule has 0 fully saturated rings. The van der Waals surface area contributed by atoms with Gasteiger partial charge in [-0.15, -0.1) is 0 Å². The molecule has 1 heterocycles. The third kappa shape index (κ3) is 3.19. The maximum Gasteiger partial charge on any atom is 0.131 e. The second kappa shape index (κ2) is 6.54. The fourth-order valence-electron chi connectivity index (χ4n) is 2.75. The van der Waals surface area contributed by atoms with Crippen LogP contribution in [0.1, 0.15) is 11.4 Å². The molecule has 4 heteroatoms. The van der Waals surface area contributed by atoms with Crippen molar-refractivity contribution in [2.45, 2.75) is 0 Å². The first kappa shape index (κ1) is 15.6. The summed E-state index contributed by atoms with van der Waals surface area (Å²) in [5.74, 6) is 0.297. The fraction of sp³-hybridized carbons (Fsp3) is 0. The van der Waals surface area contributed by atoms with E-state index in [1.54, 1.807) is 24.3 Å². The molecular formula is C21H14ClFN2. The van der Waals surface area contributed by atoms with Gasteiger partial charge in [-0.2, -0.15) is 0 Å². The van der Waals surface area contributed by atoms with Crippen LogP contribution in [0.15, 0.2) is 66.7 Å². The molecular weight excluding hydrogens is 335 g/mol. The van der Waals surface area contributed by atoms with Gasteiger partial charge in [0.2, 0.25) is 0 Å². The van der Waals surface area contributed by atoms with Crippen LogP contribution in [0.2, 0.25) is 5.02 Å². The monoisotopic (exact) mass is 348 g/mol. The number of imidazole rings is 1. The predicted molar refractivity (Wildman–Crippen MR) is 102 cm³/mol. The molecule has 122 valence electrons. The maximum absolute atomic E-state index is 13.8. The van der Waals surface area contributed by atoms with Crippen molar-refractivity contribution in [2.75, 3.05) is 0 Å². The molecule has 0 bridgehead atoms. The van der Waals surface area contributed by atoms with Gasteiger partial charge in [0.05, 0.1) is 16.1 Å². The lowest BCUT2D eigenvalue weighted by Gasteiger charge is -2.00. The normalized spacial score (nSPS) is 11.4. The van der Waals surface area contributed by atoms with Crippen LogP contribution in [0.4, 0.5) is 4.39 Å². The van der Waals surface area contributed by atoms with Crippen molar-refractivity contribution >= 4 is 34.8 Å². The number of aromatic nitrogens is 2. The number of fused-ring (bicyclic) bond motifs is 1. The first-order valence-corrected chi connectivity index (χ1v) is 8.26. The van der Waals surface area contributed by atoms with Crippen LogP contribution >= 0.6 is 11.6 Å². The molecule has 0 atom stereocenters. The number of H-pyrrole nitrogens is 1. The number of nitrogens with one attached hydrogen (secondary N) is 1. The van der Waals surface area contributed by atoms with Crippen LogP contribution in [-0.4, -0.2) is 9.97 Å². The van der Waals surface area contributed by atoms with E-state index >= 15 is 0 Å². The molecule has 0 unspecified atom stereocenters. The van der Waals surface area contributed by atoms with Gasteiger partial charge < -0.3 is 4.98 Å². The second-order valence-corrected chi connectivity index (χ2v) is 6.10. The number of hydrogen-bond acceptors (Lipinski definition) is 1. The summed E-state index contributed by atoms with van der Waals surface area (Å²) in [6.07, 6.45) is 3.36. The number of halogens is 2. The second-order valence-electron chi connectivity index (χ2n) is 5.69. The van der Waals surface area contributed by atoms with E-state index in [0.29, 0.717) is 16.4 Å². The van der Waals surface area contributed by atoms with Gasteiger partial charge in [0.1, 0.15) is 11.6 Å². The Labute approximate surface area is 149 Å². The quantitative estimate of drug-likeness (QED) is 0.469. The van der Waals surface area contributed by atoms with Crippen molar-refractivity contribution in [2.24, 2.45) is 0 Å². The van der Waals surface area contributed by atoms with Crippen LogP contribution in [0, 0.1) is 5.82 Å². The molecule has 0 saturated heterocycles. The van der Waals surface area contributed by atoms with E-state index < -0.39 is 0 Å². The average molecular weight is 349 g/mol. The molecule has 0 radical (unpaired) electrons. The molecule has 4 rings (SSSR count). The van der Waals surface area contributed by atoms with Crippen LogP contribution in [0.3, 0.4) is 0 Å². The lowest BCUT2D eigenvalue weighted by molar-refractivity contribution is 0.625. The van der Waals surface area contributed by atoms with Crippen molar-refractivity contribution in [1.82, 2.24) is 9.97 Å². The third-order valence-corrected chi connectivity index (χ3v) is 4.34. The molecule has 2 nitrogen and oxygen atoms in total. The molecule has 1 aromatic heterocycles. The molecule has 0 saturated carbocycles. The zero-order valence-corrected chi connectivity index (χ0v) is 14.0. The van der Waals surface area contributed by atoms with Gasteiger partial charge in [0.25, 0.3) is 0 Å². The van der Waals surface area contributed by atoms with Gasteiger partial charge in [0.15, 0.2) is 0 Å². The van der Waals surface area contributed by atoms with E-state index in [4.69, 9.17) is 11.6 Å². The highest BCUT2D eigenvalue weighted by Gasteiger charge is 2.05. The van der Waals surface area contributed by atoms with Crippen LogP contribution in [0.5, 0.6) is 0 Å². The molecule has 25 heavy (non-hydrogen) atoms. The average Bonchev–Trinajstić information content (AvgIpc) is 3.04. The third-order valence-electron chi connectivity index (χ3n) is 4.01. The Bertz CT molecular complexity index is 1050. The first-order valence-electron chi connectivity index (χ1n) is 7.88. The minimum atomic E-state index is -0.355. The lowest BCUT2D eigenvalue weighted by atomic mass is 10.1. The van der Waals surface area contributed by atoms with Crippen LogP contribution < -0.4 is 0 Å². The first-order chi connectivity index (χ1) is 12.2. The number of nitrogens with zero attached hydrogens (tertiary/aromatic N) is 1. The Morgan fingerprint density at radius 1 is 0.880 bits per heavy atom. The summed E-state index contributed by atoms with van der Waals surface area (Å²) in [7, 11) is 0. The van der Waals surface area contributed by atoms with Gasteiger partial charge in [0, 0.05) is 5.56 Å². The minimum Gasteiger partial charge on any atom is -0.338 e. The standard InChI is InChI=1S/C21H14ClFN2/c22-17-7-4-8-18(23)16(17)10-12-21-24-19-11-9-15(13-20(19)25-21)14-5-2-1-3-6-14/h1-13H,(H,24,25)/b12-10+. The highest BCUT2D eigenvalue weighted by molar-refractivity contribution is 6.32. The summed E-state index contributed by atoms with van der Waals surface area (Å²) in [5.41, 5.74) is 4.41. The number of benzene rings is 3. The van der Waals surface area contributed by atoms with Gasteiger partial charge in [-0.1, -0.05) is 54.1 Å². The minimum absolute atomic E-state index is 0.355. The zero-order chi connectivity index (χ0) is 17.2. The van der Waals surface area contributed by atoms with Gasteiger partial charge in [-0.05, 0) is 47.5 Å². The van der Waals surface area contributed by atoms with Crippen LogP contribution in [-0.2, 0) is 0 Å². The van der Waals surface area contributed by atoms with Gasteiger partial charge in [-0.25, -0.2) is 9.37 Å². The summed E-state index contributed by atoms with van der Waals surface area (Å²) in [5, 5.41) is 0.374. The fourth-order valence-corrected chi connectivity index (χ4v) is 2.98. The number of hydrogen-bond donors (Lipinski definition) is 1. The smallest absolute Gasteiger partial charge is 0.131 e. The van der Waals surface area contributed by atoms with E-state index in [-0.39, 0.29) is 5.82 Å². The van der Waals surface area contributed by atoms with E-state index in [9.17, 15) is 4.39 Å². The lowest BCUT2D eigenvalue weighted by Crippen LogP contribution is -1.83. The van der Waals surface area contributed by atoms with Crippen LogP contribution in [0.25, 0.3) is 34.3 Å². The van der Waals surface area contributed by atoms with Gasteiger partial charge >= 0.3 is 0 Å². The molecule has 3 aromatic carbocycles. The molecule has 0 aliphatic rings. The van der Waals surface area contributed by atoms with E-state index in [1.807, 2.05) is 30.3 Å². The highest BCUT2D eigenvalue weighted by Crippen LogP contribution is 2.24. The Hall–Kier alpha value is -2.91. The van der Waals surface area contributed by atoms with Crippen molar-refractivity contribution in [3.63, 3.8) is 0 Å². The summed E-state index contributed by atoms with van der Waals surface area (Å²) >= 11 is 6.04. The van der Waals surface area contributed by atoms with Crippen molar-refractivity contribution in [1.29, 1.82) is 0 Å². The van der Waals surface area contributed by atoms with Crippen molar-refractivity contribution in [3.8, 4) is 11.1 Å². The summed E-state index contributed by atoms with van der Waals surface area (Å²) in [6.45, 7) is 0. The maximum atomic E-state index is 13.8. The number of aromatic amines is 1. The van der Waals surface area contributed by atoms with E-state index in [1.165, 1.54) is 6.07 Å². The summed E-state index contributed by atoms with van der Waals surface area (Å²) in [6, 6.07) is 20.9. The van der Waals surface area contributed by atoms with Gasteiger partial charge in [-0.3, -0.25) is 0 Å². The molecule has 0 aliphatic carbocycles. The Morgan fingerprint density at radius 2 is 1.72 bits per heavy atom. The van der Waals surface area contributed by atoms with Crippen molar-refractivity contribution in [3.05, 3.63) is 89.0 Å². The summed E-state index contributed by atoms with van der Waals surface area (Å²) < 4.78 is 13.8.